The molecule has 4 N–H and O–H groups in total. The van der Waals surface area contributed by atoms with E-state index >= 15 is 0 Å². The molecule has 0 aliphatic carbocycles. The maximum absolute atomic E-state index is 9.91. The fraction of sp³-hybridized carbons (Fsp3) is 0. The van der Waals surface area contributed by atoms with Crippen molar-refractivity contribution in [2.75, 3.05) is 0 Å². The van der Waals surface area contributed by atoms with Gasteiger partial charge >= 0.3 is 0 Å². The fourth-order valence-electron chi connectivity index (χ4n) is 3.04. The van der Waals surface area contributed by atoms with Crippen LogP contribution in [0.25, 0.3) is 32.3 Å². The minimum atomic E-state index is -0.244. The Morgan fingerprint density at radius 3 is 0.875 bits per heavy atom. The van der Waals surface area contributed by atoms with Gasteiger partial charge in [-0.15, -0.1) is 0 Å². The summed E-state index contributed by atoms with van der Waals surface area (Å²) in [6, 6.07) is 9.72. The molecule has 4 rings (SSSR count). The number of halogens is 2. The minimum absolute atomic E-state index is 0.217. The zero-order valence-corrected chi connectivity index (χ0v) is 15.2. The van der Waals surface area contributed by atoms with Gasteiger partial charge in [-0.3, -0.25) is 0 Å². The molecule has 4 aromatic carbocycles. The van der Waals surface area contributed by atoms with Crippen LogP contribution in [0.5, 0.6) is 23.0 Å². The van der Waals surface area contributed by atoms with Crippen LogP contribution >= 0.6 is 31.9 Å². The number of aromatic hydroxyl groups is 4. The van der Waals surface area contributed by atoms with Gasteiger partial charge in [0.15, 0.2) is 23.0 Å². The van der Waals surface area contributed by atoms with Gasteiger partial charge in [0.2, 0.25) is 0 Å². The molecule has 0 aromatic heterocycles. The summed E-state index contributed by atoms with van der Waals surface area (Å²) >= 11 is 6.95. The standard InChI is InChI=1S/C18H10Br2O4/c19-13-1-7-8(2-14(13)20)10-4-16(22)18(24)6-12(10)11-5-17(23)15(21)3-9(7)11/h1-6,21-24H. The second kappa shape index (κ2) is 5.16. The summed E-state index contributed by atoms with van der Waals surface area (Å²) in [4.78, 5) is 0. The highest BCUT2D eigenvalue weighted by atomic mass is 79.9. The monoisotopic (exact) mass is 448 g/mol. The number of hydrogen-bond donors (Lipinski definition) is 4. The Hall–Kier alpha value is -2.18. The van der Waals surface area contributed by atoms with E-state index in [1.165, 1.54) is 24.3 Å². The molecular weight excluding hydrogens is 440 g/mol. The van der Waals surface area contributed by atoms with E-state index in [0.717, 1.165) is 30.5 Å². The number of fused-ring (bicyclic) bond motifs is 6. The van der Waals surface area contributed by atoms with Crippen molar-refractivity contribution in [1.82, 2.24) is 0 Å². The zero-order valence-electron chi connectivity index (χ0n) is 12.0. The second-order valence-electron chi connectivity index (χ2n) is 5.58. The normalized spacial score (nSPS) is 11.6. The lowest BCUT2D eigenvalue weighted by Crippen LogP contribution is -1.85. The molecule has 120 valence electrons. The SMILES string of the molecule is Oc1cc2c3cc(O)c(O)cc3c3cc(Br)c(Br)cc3c2cc1O. The predicted molar refractivity (Wildman–Crippen MR) is 101 cm³/mol. The summed E-state index contributed by atoms with van der Waals surface area (Å²) in [6.07, 6.45) is 0. The van der Waals surface area contributed by atoms with Crippen LogP contribution in [0.2, 0.25) is 0 Å². The van der Waals surface area contributed by atoms with Crippen molar-refractivity contribution in [1.29, 1.82) is 0 Å². The molecule has 0 radical (unpaired) electrons. The first-order chi connectivity index (χ1) is 11.4. The van der Waals surface area contributed by atoms with Gasteiger partial charge in [-0.05, 0) is 101 Å². The first-order valence-electron chi connectivity index (χ1n) is 6.99. The molecule has 0 aliphatic heterocycles. The van der Waals surface area contributed by atoms with E-state index in [0.29, 0.717) is 10.8 Å². The summed E-state index contributed by atoms with van der Waals surface area (Å²) < 4.78 is 1.68. The van der Waals surface area contributed by atoms with Crippen molar-refractivity contribution in [2.24, 2.45) is 0 Å². The Balaban J connectivity index is 2.40. The third-order valence-corrected chi connectivity index (χ3v) is 6.00. The van der Waals surface area contributed by atoms with E-state index in [9.17, 15) is 20.4 Å². The lowest BCUT2D eigenvalue weighted by Gasteiger charge is -2.13. The quantitative estimate of drug-likeness (QED) is 0.211. The Labute approximate surface area is 152 Å². The molecule has 0 spiro atoms. The minimum Gasteiger partial charge on any atom is -0.504 e. The third-order valence-electron chi connectivity index (χ3n) is 4.16. The number of phenols is 4. The molecule has 4 nitrogen and oxygen atoms in total. The number of benzene rings is 4. The number of phenolic OH excluding ortho intramolecular Hbond substituents is 4. The van der Waals surface area contributed by atoms with Crippen molar-refractivity contribution in [3.8, 4) is 23.0 Å². The third kappa shape index (κ3) is 2.10. The molecule has 0 aliphatic rings. The van der Waals surface area contributed by atoms with Crippen LogP contribution in [0.1, 0.15) is 0 Å². The molecule has 0 heterocycles. The van der Waals surface area contributed by atoms with E-state index in [2.05, 4.69) is 31.9 Å². The Kier molecular flexibility index (Phi) is 3.30. The fourth-order valence-corrected chi connectivity index (χ4v) is 3.72. The lowest BCUT2D eigenvalue weighted by molar-refractivity contribution is 0.404. The first-order valence-corrected chi connectivity index (χ1v) is 8.57. The largest absolute Gasteiger partial charge is 0.504 e. The molecule has 0 unspecified atom stereocenters. The molecule has 0 fully saturated rings. The van der Waals surface area contributed by atoms with Crippen LogP contribution in [-0.2, 0) is 0 Å². The maximum Gasteiger partial charge on any atom is 0.158 e. The molecule has 0 bridgehead atoms. The van der Waals surface area contributed by atoms with Crippen LogP contribution in [0.4, 0.5) is 0 Å². The van der Waals surface area contributed by atoms with E-state index in [1.807, 2.05) is 12.1 Å². The van der Waals surface area contributed by atoms with Crippen LogP contribution in [0.15, 0.2) is 45.3 Å². The summed E-state index contributed by atoms with van der Waals surface area (Å²) in [5.41, 5.74) is 0. The van der Waals surface area contributed by atoms with Crippen LogP contribution in [-0.4, -0.2) is 20.4 Å². The van der Waals surface area contributed by atoms with E-state index in [-0.39, 0.29) is 23.0 Å². The van der Waals surface area contributed by atoms with Crippen LogP contribution in [0.3, 0.4) is 0 Å². The highest BCUT2D eigenvalue weighted by molar-refractivity contribution is 9.13. The molecule has 0 saturated carbocycles. The topological polar surface area (TPSA) is 80.9 Å². The average molecular weight is 450 g/mol. The van der Waals surface area contributed by atoms with Crippen LogP contribution < -0.4 is 0 Å². The molecule has 0 saturated heterocycles. The van der Waals surface area contributed by atoms with Crippen molar-refractivity contribution in [2.45, 2.75) is 0 Å². The highest BCUT2D eigenvalue weighted by Gasteiger charge is 2.15. The van der Waals surface area contributed by atoms with Gasteiger partial charge < -0.3 is 20.4 Å². The Morgan fingerprint density at radius 2 is 0.625 bits per heavy atom. The van der Waals surface area contributed by atoms with Gasteiger partial charge in [0, 0.05) is 8.95 Å². The van der Waals surface area contributed by atoms with Crippen molar-refractivity contribution in [3.63, 3.8) is 0 Å². The summed E-state index contributed by atoms with van der Waals surface area (Å²) in [6.45, 7) is 0. The Bertz CT molecular complexity index is 902. The smallest absolute Gasteiger partial charge is 0.158 e. The van der Waals surface area contributed by atoms with E-state index < -0.39 is 0 Å². The van der Waals surface area contributed by atoms with Gasteiger partial charge in [0.25, 0.3) is 0 Å². The Morgan fingerprint density at radius 1 is 0.417 bits per heavy atom. The molecule has 6 heteroatoms. The second-order valence-corrected chi connectivity index (χ2v) is 7.29. The van der Waals surface area contributed by atoms with Crippen LogP contribution in [0, 0.1) is 0 Å². The van der Waals surface area contributed by atoms with E-state index in [4.69, 9.17) is 0 Å². The maximum atomic E-state index is 9.91. The van der Waals surface area contributed by atoms with Gasteiger partial charge in [-0.25, -0.2) is 0 Å². The van der Waals surface area contributed by atoms with Crippen molar-refractivity contribution < 1.29 is 20.4 Å². The van der Waals surface area contributed by atoms with E-state index in [1.54, 1.807) is 0 Å². The van der Waals surface area contributed by atoms with Gasteiger partial charge in [-0.1, -0.05) is 0 Å². The van der Waals surface area contributed by atoms with Crippen molar-refractivity contribution in [3.05, 3.63) is 45.3 Å². The summed E-state index contributed by atoms with van der Waals surface area (Å²) in [7, 11) is 0. The lowest BCUT2D eigenvalue weighted by atomic mass is 9.93. The van der Waals surface area contributed by atoms with Crippen molar-refractivity contribution >= 4 is 64.2 Å². The van der Waals surface area contributed by atoms with Gasteiger partial charge in [0.05, 0.1) is 0 Å². The first kappa shape index (κ1) is 15.4. The molecule has 24 heavy (non-hydrogen) atoms. The summed E-state index contributed by atoms with van der Waals surface area (Å²) in [5, 5.41) is 44.1. The zero-order chi connectivity index (χ0) is 17.2. The van der Waals surface area contributed by atoms with Gasteiger partial charge in [0.1, 0.15) is 0 Å². The van der Waals surface area contributed by atoms with Gasteiger partial charge in [-0.2, -0.15) is 0 Å². The highest BCUT2D eigenvalue weighted by Crippen LogP contribution is 2.44. The molecule has 4 aromatic rings. The predicted octanol–water partition coefficient (Wildman–Crippen LogP) is 5.49. The number of hydrogen-bond acceptors (Lipinski definition) is 4. The molecule has 0 amide bonds. The average Bonchev–Trinajstić information content (AvgIpc) is 2.53. The summed E-state index contributed by atoms with van der Waals surface area (Å²) in [5.74, 6) is -0.922. The molecule has 0 atom stereocenters. The molecular formula is C18H10Br2O4. The number of rotatable bonds is 0.